The van der Waals surface area contributed by atoms with Crippen molar-refractivity contribution in [3.05, 3.63) is 71.8 Å². The molecule has 3 saturated heterocycles. The van der Waals surface area contributed by atoms with Gasteiger partial charge in [-0.25, -0.2) is 0 Å². The Hall–Kier alpha value is -2.17. The first kappa shape index (κ1) is 21.7. The summed E-state index contributed by atoms with van der Waals surface area (Å²) in [5.74, 6) is 0.641. The van der Waals surface area contributed by atoms with E-state index >= 15 is 0 Å². The Bertz CT molecular complexity index is 872. The minimum atomic E-state index is 0.0631. The Labute approximate surface area is 193 Å². The van der Waals surface area contributed by atoms with Crippen LogP contribution in [0.2, 0.25) is 0 Å². The van der Waals surface area contributed by atoms with E-state index in [-0.39, 0.29) is 11.5 Å². The van der Waals surface area contributed by atoms with E-state index in [1.54, 1.807) is 0 Å². The van der Waals surface area contributed by atoms with Crippen LogP contribution in [0, 0.1) is 5.92 Å². The lowest BCUT2D eigenvalue weighted by atomic mass is 9.74. The third kappa shape index (κ3) is 4.49. The van der Waals surface area contributed by atoms with Crippen molar-refractivity contribution in [3.63, 3.8) is 0 Å². The van der Waals surface area contributed by atoms with Gasteiger partial charge in [-0.05, 0) is 75.7 Å². The number of nitrogens with zero attached hydrogens (tertiary/aromatic N) is 2. The van der Waals surface area contributed by atoms with Crippen molar-refractivity contribution in [1.82, 2.24) is 15.1 Å². The summed E-state index contributed by atoms with van der Waals surface area (Å²) in [6.07, 6.45) is 7.68. The third-order valence-electron chi connectivity index (χ3n) is 8.06. The van der Waals surface area contributed by atoms with Crippen molar-refractivity contribution >= 4 is 5.91 Å². The third-order valence-corrected chi connectivity index (χ3v) is 8.06. The average molecular weight is 432 g/mol. The lowest BCUT2D eigenvalue weighted by Crippen LogP contribution is -2.58. The molecular formula is C28H37N3O. The number of nitrogens with one attached hydrogen (secondary N) is 1. The molecule has 4 heteroatoms. The summed E-state index contributed by atoms with van der Waals surface area (Å²) < 4.78 is 0. The maximum Gasteiger partial charge on any atom is 0.225 e. The Morgan fingerprint density at radius 1 is 0.906 bits per heavy atom. The van der Waals surface area contributed by atoms with E-state index < -0.39 is 0 Å². The van der Waals surface area contributed by atoms with Crippen molar-refractivity contribution in [1.29, 1.82) is 0 Å². The monoisotopic (exact) mass is 431 g/mol. The van der Waals surface area contributed by atoms with Crippen LogP contribution in [0.25, 0.3) is 0 Å². The molecule has 0 bridgehead atoms. The lowest BCUT2D eigenvalue weighted by molar-refractivity contribution is -0.136. The molecule has 32 heavy (non-hydrogen) atoms. The standard InChI is InChI=1S/C28H37N3O/c32-27(30-17-7-8-18-30)24-13-19-31(20-14-24)28(25-11-5-2-6-12-25)15-16-29-26(22-28)21-23-9-3-1-4-10-23/h1-6,9-12,24,26,29H,7-8,13-22H2/t26-,28-/m1/s1. The van der Waals surface area contributed by atoms with Gasteiger partial charge in [-0.1, -0.05) is 60.7 Å². The minimum Gasteiger partial charge on any atom is -0.342 e. The molecule has 1 N–H and O–H groups in total. The second kappa shape index (κ2) is 9.76. The van der Waals surface area contributed by atoms with Gasteiger partial charge in [0.15, 0.2) is 0 Å². The molecule has 3 aliphatic rings. The van der Waals surface area contributed by atoms with Crippen LogP contribution in [0.15, 0.2) is 60.7 Å². The quantitative estimate of drug-likeness (QED) is 0.770. The summed E-state index contributed by atoms with van der Waals surface area (Å²) in [5.41, 5.74) is 2.92. The van der Waals surface area contributed by atoms with Crippen LogP contribution in [-0.2, 0) is 16.8 Å². The molecular weight excluding hydrogens is 394 g/mol. The van der Waals surface area contributed by atoms with Crippen molar-refractivity contribution in [3.8, 4) is 0 Å². The molecule has 1 amide bonds. The number of amides is 1. The molecule has 0 radical (unpaired) electrons. The lowest BCUT2D eigenvalue weighted by Gasteiger charge is -2.51. The van der Waals surface area contributed by atoms with Crippen LogP contribution in [0.4, 0.5) is 0 Å². The predicted octanol–water partition coefficient (Wildman–Crippen LogP) is 4.21. The molecule has 0 aromatic heterocycles. The van der Waals surface area contributed by atoms with Crippen LogP contribution in [0.5, 0.6) is 0 Å². The van der Waals surface area contributed by atoms with Gasteiger partial charge >= 0.3 is 0 Å². The van der Waals surface area contributed by atoms with Gasteiger partial charge in [0.1, 0.15) is 0 Å². The van der Waals surface area contributed by atoms with Gasteiger partial charge in [0, 0.05) is 30.6 Å². The predicted molar refractivity (Wildman–Crippen MR) is 129 cm³/mol. The zero-order valence-corrected chi connectivity index (χ0v) is 19.2. The number of benzene rings is 2. The molecule has 170 valence electrons. The maximum absolute atomic E-state index is 13.0. The fourth-order valence-electron chi connectivity index (χ4n) is 6.34. The summed E-state index contributed by atoms with van der Waals surface area (Å²) >= 11 is 0. The highest BCUT2D eigenvalue weighted by Crippen LogP contribution is 2.41. The summed E-state index contributed by atoms with van der Waals surface area (Å²) in [7, 11) is 0. The number of hydrogen-bond acceptors (Lipinski definition) is 3. The first-order valence-electron chi connectivity index (χ1n) is 12.6. The van der Waals surface area contributed by atoms with E-state index in [0.717, 1.165) is 64.8 Å². The Kier molecular flexibility index (Phi) is 6.61. The zero-order valence-electron chi connectivity index (χ0n) is 19.2. The van der Waals surface area contributed by atoms with Crippen molar-refractivity contribution in [2.75, 3.05) is 32.7 Å². The number of rotatable bonds is 5. The average Bonchev–Trinajstić information content (AvgIpc) is 3.40. The van der Waals surface area contributed by atoms with Gasteiger partial charge in [0.2, 0.25) is 5.91 Å². The van der Waals surface area contributed by atoms with E-state index in [9.17, 15) is 4.79 Å². The fraction of sp³-hybridized carbons (Fsp3) is 0.536. The van der Waals surface area contributed by atoms with Crippen molar-refractivity contribution in [2.45, 2.75) is 56.5 Å². The first-order valence-corrected chi connectivity index (χ1v) is 12.6. The molecule has 0 unspecified atom stereocenters. The summed E-state index contributed by atoms with van der Waals surface area (Å²) in [5, 5.41) is 3.81. The van der Waals surface area contributed by atoms with Gasteiger partial charge in [-0.2, -0.15) is 0 Å². The summed E-state index contributed by atoms with van der Waals surface area (Å²) in [6.45, 7) is 5.03. The zero-order chi connectivity index (χ0) is 21.8. The molecule has 2 aromatic rings. The number of carbonyl (C=O) groups is 1. The highest BCUT2D eigenvalue weighted by molar-refractivity contribution is 5.79. The topological polar surface area (TPSA) is 35.6 Å². The summed E-state index contributed by atoms with van der Waals surface area (Å²) in [4.78, 5) is 17.8. The van der Waals surface area contributed by atoms with Gasteiger partial charge < -0.3 is 10.2 Å². The normalized spacial score (nSPS) is 27.5. The highest BCUT2D eigenvalue weighted by Gasteiger charge is 2.44. The van der Waals surface area contributed by atoms with E-state index in [1.165, 1.54) is 24.0 Å². The number of hydrogen-bond donors (Lipinski definition) is 1. The van der Waals surface area contributed by atoms with Crippen LogP contribution >= 0.6 is 0 Å². The van der Waals surface area contributed by atoms with Gasteiger partial charge in [0.05, 0.1) is 0 Å². The smallest absolute Gasteiger partial charge is 0.225 e. The van der Waals surface area contributed by atoms with Crippen LogP contribution in [0.1, 0.15) is 49.7 Å². The number of likely N-dealkylation sites (tertiary alicyclic amines) is 2. The molecule has 3 heterocycles. The molecule has 0 spiro atoms. The van der Waals surface area contributed by atoms with Gasteiger partial charge in [-0.15, -0.1) is 0 Å². The maximum atomic E-state index is 13.0. The van der Waals surface area contributed by atoms with Crippen LogP contribution in [-0.4, -0.2) is 54.5 Å². The van der Waals surface area contributed by atoms with Gasteiger partial charge in [-0.3, -0.25) is 9.69 Å². The van der Waals surface area contributed by atoms with E-state index in [4.69, 9.17) is 0 Å². The second-order valence-corrected chi connectivity index (χ2v) is 9.99. The van der Waals surface area contributed by atoms with Crippen molar-refractivity contribution in [2.24, 2.45) is 5.92 Å². The molecule has 0 aliphatic carbocycles. The van der Waals surface area contributed by atoms with E-state index in [2.05, 4.69) is 75.8 Å². The Morgan fingerprint density at radius 3 is 2.25 bits per heavy atom. The molecule has 0 saturated carbocycles. The summed E-state index contributed by atoms with van der Waals surface area (Å²) in [6, 6.07) is 22.5. The van der Waals surface area contributed by atoms with Crippen LogP contribution < -0.4 is 5.32 Å². The SMILES string of the molecule is O=C(C1CCN([C@]2(c3ccccc3)CCN[C@H](Cc3ccccc3)C2)CC1)N1CCCC1. The Morgan fingerprint density at radius 2 is 1.56 bits per heavy atom. The minimum absolute atomic E-state index is 0.0631. The Balaban J connectivity index is 1.33. The van der Waals surface area contributed by atoms with Gasteiger partial charge in [0.25, 0.3) is 0 Å². The fourth-order valence-corrected chi connectivity index (χ4v) is 6.34. The molecule has 3 fully saturated rings. The highest BCUT2D eigenvalue weighted by atomic mass is 16.2. The van der Waals surface area contributed by atoms with Crippen molar-refractivity contribution < 1.29 is 4.79 Å². The molecule has 2 aromatic carbocycles. The number of piperidine rings is 2. The molecule has 4 nitrogen and oxygen atoms in total. The largest absolute Gasteiger partial charge is 0.342 e. The van der Waals surface area contributed by atoms with Crippen LogP contribution in [0.3, 0.4) is 0 Å². The van der Waals surface area contributed by atoms with E-state index in [1.807, 2.05) is 0 Å². The second-order valence-electron chi connectivity index (χ2n) is 9.99. The molecule has 3 aliphatic heterocycles. The van der Waals surface area contributed by atoms with E-state index in [0.29, 0.717) is 11.9 Å². The molecule has 2 atom stereocenters. The first-order chi connectivity index (χ1) is 15.7. The number of carbonyl (C=O) groups excluding carboxylic acids is 1. The molecule has 5 rings (SSSR count).